The van der Waals surface area contributed by atoms with E-state index >= 15 is 0 Å². The van der Waals surface area contributed by atoms with Crippen LogP contribution in [0.5, 0.6) is 0 Å². The van der Waals surface area contributed by atoms with E-state index in [1.54, 1.807) is 0 Å². The first-order chi connectivity index (χ1) is 11.4. The maximum Gasteiger partial charge on any atom is 0.105 e. The Hall–Kier alpha value is -2.12. The predicted molar refractivity (Wildman–Crippen MR) is 101 cm³/mol. The van der Waals surface area contributed by atoms with Gasteiger partial charge in [-0.1, -0.05) is 75.4 Å². The Morgan fingerprint density at radius 2 is 1.50 bits per heavy atom. The zero-order chi connectivity index (χ0) is 16.9. The largest absolute Gasteiger partial charge is 0.384 e. The Balaban J connectivity index is 1.78. The third kappa shape index (κ3) is 2.44. The fourth-order valence-electron chi connectivity index (χ4n) is 3.85. The second-order valence-electron chi connectivity index (χ2n) is 7.93. The Morgan fingerprint density at radius 3 is 2.17 bits per heavy atom. The molecule has 0 heterocycles. The van der Waals surface area contributed by atoms with Gasteiger partial charge in [0.25, 0.3) is 0 Å². The molecule has 0 saturated carbocycles. The molecule has 0 radical (unpaired) electrons. The predicted octanol–water partition coefficient (Wildman–Crippen LogP) is 5.32. The van der Waals surface area contributed by atoms with Gasteiger partial charge < -0.3 is 5.11 Å². The lowest BCUT2D eigenvalue weighted by molar-refractivity contribution is 0.222. The second kappa shape index (κ2) is 5.46. The average molecular weight is 316 g/mol. The Labute approximate surface area is 144 Å². The molecule has 122 valence electrons. The highest BCUT2D eigenvalue weighted by Gasteiger charge is 2.20. The van der Waals surface area contributed by atoms with Crippen molar-refractivity contribution >= 4 is 10.8 Å². The third-order valence-corrected chi connectivity index (χ3v) is 5.30. The number of aliphatic hydroxyl groups is 1. The van der Waals surface area contributed by atoms with Crippen molar-refractivity contribution in [1.29, 1.82) is 0 Å². The minimum Gasteiger partial charge on any atom is -0.384 e. The average Bonchev–Trinajstić information content (AvgIpc) is 2.99. The number of hydrogen-bond acceptors (Lipinski definition) is 1. The Bertz CT molecular complexity index is 887. The van der Waals surface area contributed by atoms with Crippen molar-refractivity contribution in [2.45, 2.75) is 45.1 Å². The molecule has 4 rings (SSSR count). The maximum absolute atomic E-state index is 11.0. The number of benzene rings is 3. The van der Waals surface area contributed by atoms with E-state index in [-0.39, 0.29) is 5.41 Å². The number of hydrogen-bond donors (Lipinski definition) is 1. The van der Waals surface area contributed by atoms with Crippen molar-refractivity contribution in [3.05, 3.63) is 82.4 Å². The van der Waals surface area contributed by atoms with Gasteiger partial charge in [0.15, 0.2) is 0 Å². The van der Waals surface area contributed by atoms with Crippen LogP contribution >= 0.6 is 0 Å². The summed E-state index contributed by atoms with van der Waals surface area (Å²) in [6, 6.07) is 19.2. The molecule has 0 bridgehead atoms. The fraction of sp³-hybridized carbons (Fsp3) is 0.304. The first-order valence-electron chi connectivity index (χ1n) is 8.77. The van der Waals surface area contributed by atoms with Crippen molar-refractivity contribution < 1.29 is 5.11 Å². The lowest BCUT2D eigenvalue weighted by Gasteiger charge is -2.21. The van der Waals surface area contributed by atoms with E-state index in [9.17, 15) is 5.11 Å². The maximum atomic E-state index is 11.0. The molecule has 0 fully saturated rings. The molecule has 3 aromatic rings. The molecule has 1 unspecified atom stereocenters. The summed E-state index contributed by atoms with van der Waals surface area (Å²) in [7, 11) is 0. The fourth-order valence-corrected chi connectivity index (χ4v) is 3.85. The Kier molecular flexibility index (Phi) is 3.51. The lowest BCUT2D eigenvalue weighted by Crippen LogP contribution is -2.11. The normalized spacial score (nSPS) is 15.0. The molecule has 0 saturated heterocycles. The zero-order valence-corrected chi connectivity index (χ0v) is 14.6. The first kappa shape index (κ1) is 15.4. The molecule has 1 aliphatic rings. The van der Waals surface area contributed by atoms with Crippen LogP contribution in [-0.4, -0.2) is 5.11 Å². The van der Waals surface area contributed by atoms with Crippen LogP contribution in [0, 0.1) is 0 Å². The van der Waals surface area contributed by atoms with Crippen LogP contribution in [0.1, 0.15) is 54.7 Å². The van der Waals surface area contributed by atoms with Crippen molar-refractivity contribution in [1.82, 2.24) is 0 Å². The quantitative estimate of drug-likeness (QED) is 0.678. The van der Waals surface area contributed by atoms with E-state index in [4.69, 9.17) is 0 Å². The summed E-state index contributed by atoms with van der Waals surface area (Å²) in [6.07, 6.45) is 1.66. The Morgan fingerprint density at radius 1 is 0.833 bits per heavy atom. The van der Waals surface area contributed by atoms with Gasteiger partial charge in [0.05, 0.1) is 0 Å². The minimum atomic E-state index is -0.580. The first-order valence-corrected chi connectivity index (χ1v) is 8.77. The van der Waals surface area contributed by atoms with Gasteiger partial charge in [0.2, 0.25) is 0 Å². The van der Waals surface area contributed by atoms with Gasteiger partial charge in [-0.05, 0) is 56.8 Å². The smallest absolute Gasteiger partial charge is 0.105 e. The van der Waals surface area contributed by atoms with Gasteiger partial charge in [-0.3, -0.25) is 0 Å². The van der Waals surface area contributed by atoms with Gasteiger partial charge in [0.1, 0.15) is 6.10 Å². The summed E-state index contributed by atoms with van der Waals surface area (Å²) in [5.74, 6) is 0. The number of rotatable bonds is 2. The van der Waals surface area contributed by atoms with Gasteiger partial charge >= 0.3 is 0 Å². The minimum absolute atomic E-state index is 0.130. The molecule has 1 nitrogen and oxygen atoms in total. The van der Waals surface area contributed by atoms with Gasteiger partial charge in [-0.15, -0.1) is 0 Å². The van der Waals surface area contributed by atoms with Crippen LogP contribution in [0.25, 0.3) is 10.8 Å². The van der Waals surface area contributed by atoms with Gasteiger partial charge in [0, 0.05) is 0 Å². The van der Waals surface area contributed by atoms with Gasteiger partial charge in [-0.25, -0.2) is 0 Å². The molecule has 24 heavy (non-hydrogen) atoms. The van der Waals surface area contributed by atoms with Crippen molar-refractivity contribution in [2.24, 2.45) is 0 Å². The molecule has 0 aliphatic heterocycles. The third-order valence-electron chi connectivity index (χ3n) is 5.30. The zero-order valence-electron chi connectivity index (χ0n) is 14.6. The van der Waals surface area contributed by atoms with E-state index in [1.807, 2.05) is 0 Å². The van der Waals surface area contributed by atoms with Crippen LogP contribution in [0.4, 0.5) is 0 Å². The van der Waals surface area contributed by atoms with Crippen LogP contribution in [0.15, 0.2) is 54.6 Å². The SMILES string of the molecule is CC(C)(C)c1ccc(C(O)c2ccc3c4c(cccc24)CC3)cc1. The summed E-state index contributed by atoms with van der Waals surface area (Å²) in [5.41, 5.74) is 6.23. The van der Waals surface area contributed by atoms with Crippen LogP contribution in [0.2, 0.25) is 0 Å². The number of aliphatic hydroxyl groups excluding tert-OH is 1. The topological polar surface area (TPSA) is 20.2 Å². The molecule has 3 aromatic carbocycles. The highest BCUT2D eigenvalue weighted by Crippen LogP contribution is 2.37. The van der Waals surface area contributed by atoms with Crippen molar-refractivity contribution in [3.63, 3.8) is 0 Å². The summed E-state index contributed by atoms with van der Waals surface area (Å²) >= 11 is 0. The van der Waals surface area contributed by atoms with Crippen LogP contribution in [-0.2, 0) is 18.3 Å². The van der Waals surface area contributed by atoms with Gasteiger partial charge in [-0.2, -0.15) is 0 Å². The lowest BCUT2D eigenvalue weighted by atomic mass is 9.85. The monoisotopic (exact) mass is 316 g/mol. The van der Waals surface area contributed by atoms with E-state index in [1.165, 1.54) is 27.5 Å². The second-order valence-corrected chi connectivity index (χ2v) is 7.93. The standard InChI is InChI=1S/C23H24O/c1-23(2,3)18-12-9-17(10-13-18)22(24)20-14-11-16-8-7-15-5-4-6-19(20)21(15)16/h4-6,9-14,22,24H,7-8H2,1-3H3. The summed E-state index contributed by atoms with van der Waals surface area (Å²) in [6.45, 7) is 6.63. The molecule has 1 atom stereocenters. The van der Waals surface area contributed by atoms with Crippen LogP contribution in [0.3, 0.4) is 0 Å². The van der Waals surface area contributed by atoms with E-state index in [0.29, 0.717) is 0 Å². The molecule has 1 aliphatic carbocycles. The molecule has 1 heteroatoms. The van der Waals surface area contributed by atoms with Crippen molar-refractivity contribution in [2.75, 3.05) is 0 Å². The molecule has 1 N–H and O–H groups in total. The molecule has 0 amide bonds. The summed E-state index contributed by atoms with van der Waals surface area (Å²) < 4.78 is 0. The van der Waals surface area contributed by atoms with E-state index in [0.717, 1.165) is 24.0 Å². The molecular formula is C23H24O. The number of aryl methyl sites for hydroxylation is 2. The highest BCUT2D eigenvalue weighted by atomic mass is 16.3. The highest BCUT2D eigenvalue weighted by molar-refractivity contribution is 5.93. The molecular weight excluding hydrogens is 292 g/mol. The molecule has 0 aromatic heterocycles. The summed E-state index contributed by atoms with van der Waals surface area (Å²) in [5, 5.41) is 13.6. The van der Waals surface area contributed by atoms with Crippen molar-refractivity contribution in [3.8, 4) is 0 Å². The van der Waals surface area contributed by atoms with Crippen LogP contribution < -0.4 is 0 Å². The van der Waals surface area contributed by atoms with E-state index in [2.05, 4.69) is 75.4 Å². The molecule has 0 spiro atoms. The summed E-state index contributed by atoms with van der Waals surface area (Å²) in [4.78, 5) is 0. The van der Waals surface area contributed by atoms with E-state index < -0.39 is 6.10 Å².